The molecular weight excluding hydrogens is 318 g/mol. The molecule has 0 aromatic heterocycles. The molecular formula is C19H29N3O3. The molecule has 2 saturated heterocycles. The molecule has 0 aliphatic carbocycles. The summed E-state index contributed by atoms with van der Waals surface area (Å²) in [5.74, 6) is 0.694. The first kappa shape index (κ1) is 18.2. The van der Waals surface area contributed by atoms with Gasteiger partial charge in [-0.15, -0.1) is 0 Å². The van der Waals surface area contributed by atoms with E-state index in [-0.39, 0.29) is 11.9 Å². The van der Waals surface area contributed by atoms with Gasteiger partial charge in [-0.2, -0.15) is 0 Å². The second-order valence-corrected chi connectivity index (χ2v) is 7.06. The molecule has 0 saturated carbocycles. The van der Waals surface area contributed by atoms with Crippen LogP contribution >= 0.6 is 0 Å². The molecule has 6 nitrogen and oxygen atoms in total. The molecule has 0 unspecified atom stereocenters. The van der Waals surface area contributed by atoms with Crippen molar-refractivity contribution in [2.45, 2.75) is 38.3 Å². The summed E-state index contributed by atoms with van der Waals surface area (Å²) >= 11 is 0. The van der Waals surface area contributed by atoms with Gasteiger partial charge >= 0.3 is 0 Å². The lowest BCUT2D eigenvalue weighted by atomic mass is 10.1. The van der Waals surface area contributed by atoms with Crippen LogP contribution in [0.25, 0.3) is 0 Å². The predicted octanol–water partition coefficient (Wildman–Crippen LogP) is 1.00. The number of likely N-dealkylation sites (tertiary alicyclic amines) is 2. The Bertz CT molecular complexity index is 602. The largest absolute Gasteiger partial charge is 0.493 e. The quantitative estimate of drug-likeness (QED) is 0.751. The molecule has 138 valence electrons. The molecule has 2 heterocycles. The van der Waals surface area contributed by atoms with Crippen molar-refractivity contribution in [3.05, 3.63) is 29.3 Å². The van der Waals surface area contributed by atoms with Crippen molar-refractivity contribution in [1.29, 1.82) is 0 Å². The van der Waals surface area contributed by atoms with Gasteiger partial charge in [0.1, 0.15) is 5.75 Å². The Hall–Kier alpha value is -1.63. The summed E-state index contributed by atoms with van der Waals surface area (Å²) in [5.41, 5.74) is 7.12. The summed E-state index contributed by atoms with van der Waals surface area (Å²) in [6.45, 7) is 6.14. The van der Waals surface area contributed by atoms with Crippen LogP contribution in [0.15, 0.2) is 18.2 Å². The number of β-amino-alcohol motifs (C(OH)–C–C–N with tert-alkyl or cyclic N) is 1. The summed E-state index contributed by atoms with van der Waals surface area (Å²) in [4.78, 5) is 16.9. The first-order valence-corrected chi connectivity index (χ1v) is 9.25. The third-order valence-electron chi connectivity index (χ3n) is 5.20. The van der Waals surface area contributed by atoms with Gasteiger partial charge in [0.25, 0.3) is 5.91 Å². The fourth-order valence-corrected chi connectivity index (χ4v) is 3.70. The van der Waals surface area contributed by atoms with Crippen LogP contribution in [0.1, 0.15) is 35.2 Å². The highest BCUT2D eigenvalue weighted by atomic mass is 16.5. The number of rotatable bonds is 6. The van der Waals surface area contributed by atoms with E-state index in [1.807, 2.05) is 25.1 Å². The number of aryl methyl sites for hydroxylation is 1. The Kier molecular flexibility index (Phi) is 5.93. The lowest BCUT2D eigenvalue weighted by Crippen LogP contribution is -2.41. The maximum absolute atomic E-state index is 12.9. The molecule has 2 fully saturated rings. The number of hydrogen-bond acceptors (Lipinski definition) is 5. The topological polar surface area (TPSA) is 79.0 Å². The Morgan fingerprint density at radius 3 is 2.80 bits per heavy atom. The van der Waals surface area contributed by atoms with Gasteiger partial charge in [0.2, 0.25) is 0 Å². The minimum Gasteiger partial charge on any atom is -0.493 e. The third kappa shape index (κ3) is 4.14. The zero-order valence-electron chi connectivity index (χ0n) is 15.0. The molecule has 2 aliphatic rings. The van der Waals surface area contributed by atoms with E-state index in [4.69, 9.17) is 10.5 Å². The fraction of sp³-hybridized carbons (Fsp3) is 0.632. The van der Waals surface area contributed by atoms with E-state index in [0.29, 0.717) is 31.8 Å². The summed E-state index contributed by atoms with van der Waals surface area (Å²) in [7, 11) is 0. The highest BCUT2D eigenvalue weighted by Gasteiger charge is 2.38. The molecule has 6 heteroatoms. The molecule has 0 bridgehead atoms. The minimum absolute atomic E-state index is 0.0376. The van der Waals surface area contributed by atoms with Crippen molar-refractivity contribution in [3.8, 4) is 5.75 Å². The predicted molar refractivity (Wildman–Crippen MR) is 96.9 cm³/mol. The number of ether oxygens (including phenoxy) is 1. The van der Waals surface area contributed by atoms with Crippen molar-refractivity contribution in [3.63, 3.8) is 0 Å². The lowest BCUT2D eigenvalue weighted by Gasteiger charge is -2.25. The van der Waals surface area contributed by atoms with E-state index in [2.05, 4.69) is 4.90 Å². The van der Waals surface area contributed by atoms with Crippen LogP contribution in [0.4, 0.5) is 0 Å². The van der Waals surface area contributed by atoms with E-state index >= 15 is 0 Å². The number of amides is 1. The molecule has 3 rings (SSSR count). The van der Waals surface area contributed by atoms with Gasteiger partial charge < -0.3 is 20.5 Å². The van der Waals surface area contributed by atoms with Crippen molar-refractivity contribution in [1.82, 2.24) is 9.80 Å². The Balaban J connectivity index is 1.67. The van der Waals surface area contributed by atoms with Gasteiger partial charge in [0.05, 0.1) is 18.8 Å². The number of benzene rings is 1. The Morgan fingerprint density at radius 1 is 1.32 bits per heavy atom. The third-order valence-corrected chi connectivity index (χ3v) is 5.20. The van der Waals surface area contributed by atoms with Gasteiger partial charge in [0.15, 0.2) is 0 Å². The summed E-state index contributed by atoms with van der Waals surface area (Å²) < 4.78 is 5.75. The first-order valence-electron chi connectivity index (χ1n) is 9.25. The SMILES string of the molecule is Cc1ccc(C(=O)N2C[C@H](O)[C@@H](N3CCCC3)C2)cc1OCCCN. The molecule has 1 aromatic rings. The van der Waals surface area contributed by atoms with E-state index < -0.39 is 6.10 Å². The first-order chi connectivity index (χ1) is 12.1. The smallest absolute Gasteiger partial charge is 0.254 e. The molecule has 2 aliphatic heterocycles. The monoisotopic (exact) mass is 347 g/mol. The number of nitrogens with two attached hydrogens (primary N) is 1. The highest BCUT2D eigenvalue weighted by Crippen LogP contribution is 2.25. The van der Waals surface area contributed by atoms with E-state index in [0.717, 1.165) is 30.8 Å². The Morgan fingerprint density at radius 2 is 2.08 bits per heavy atom. The molecule has 0 spiro atoms. The molecule has 3 N–H and O–H groups in total. The van der Waals surface area contributed by atoms with Crippen LogP contribution in [0.2, 0.25) is 0 Å². The zero-order valence-corrected chi connectivity index (χ0v) is 15.0. The van der Waals surface area contributed by atoms with Crippen LogP contribution in [-0.4, -0.2) is 72.3 Å². The fourth-order valence-electron chi connectivity index (χ4n) is 3.70. The summed E-state index contributed by atoms with van der Waals surface area (Å²) in [6, 6.07) is 5.62. The van der Waals surface area contributed by atoms with Crippen molar-refractivity contribution >= 4 is 5.91 Å². The van der Waals surface area contributed by atoms with Crippen LogP contribution in [0, 0.1) is 6.92 Å². The van der Waals surface area contributed by atoms with E-state index in [1.165, 1.54) is 12.8 Å². The van der Waals surface area contributed by atoms with E-state index in [9.17, 15) is 9.90 Å². The van der Waals surface area contributed by atoms with Gasteiger partial charge in [-0.05, 0) is 63.5 Å². The van der Waals surface area contributed by atoms with Crippen molar-refractivity contribution < 1.29 is 14.6 Å². The van der Waals surface area contributed by atoms with Gasteiger partial charge in [-0.25, -0.2) is 0 Å². The number of aliphatic hydroxyl groups is 1. The second kappa shape index (κ2) is 8.17. The maximum atomic E-state index is 12.9. The number of hydrogen-bond donors (Lipinski definition) is 2. The molecule has 1 amide bonds. The normalized spacial score (nSPS) is 24.0. The molecule has 1 aromatic carbocycles. The molecule has 0 radical (unpaired) electrons. The second-order valence-electron chi connectivity index (χ2n) is 7.06. The Labute approximate surface area is 149 Å². The van der Waals surface area contributed by atoms with Gasteiger partial charge in [-0.1, -0.05) is 6.07 Å². The summed E-state index contributed by atoms with van der Waals surface area (Å²) in [5, 5.41) is 10.4. The van der Waals surface area contributed by atoms with E-state index in [1.54, 1.807) is 4.90 Å². The van der Waals surface area contributed by atoms with Gasteiger partial charge in [-0.3, -0.25) is 9.69 Å². The highest BCUT2D eigenvalue weighted by molar-refractivity contribution is 5.95. The van der Waals surface area contributed by atoms with Gasteiger partial charge in [0, 0.05) is 18.7 Å². The van der Waals surface area contributed by atoms with Crippen molar-refractivity contribution in [2.75, 3.05) is 39.3 Å². The van der Waals surface area contributed by atoms with Crippen molar-refractivity contribution in [2.24, 2.45) is 5.73 Å². The standard InChI is InChI=1S/C19H29N3O3/c1-14-5-6-15(11-18(14)25-10-4-7-20)19(24)22-12-16(17(23)13-22)21-8-2-3-9-21/h5-6,11,16-17,23H,2-4,7-10,12-13,20H2,1H3/t16-,17-/m0/s1. The number of carbonyl (C=O) groups excluding carboxylic acids is 1. The summed E-state index contributed by atoms with van der Waals surface area (Å²) in [6.07, 6.45) is 2.68. The molecule has 2 atom stereocenters. The average Bonchev–Trinajstić information content (AvgIpc) is 3.25. The van der Waals surface area contributed by atoms with Crippen LogP contribution in [-0.2, 0) is 0 Å². The maximum Gasteiger partial charge on any atom is 0.254 e. The molecule has 25 heavy (non-hydrogen) atoms. The van der Waals surface area contributed by atoms with Crippen LogP contribution < -0.4 is 10.5 Å². The number of carbonyl (C=O) groups is 1. The lowest BCUT2D eigenvalue weighted by molar-refractivity contribution is 0.0762. The number of aliphatic hydroxyl groups excluding tert-OH is 1. The minimum atomic E-state index is -0.465. The zero-order chi connectivity index (χ0) is 17.8. The van der Waals surface area contributed by atoms with Crippen LogP contribution in [0.5, 0.6) is 5.75 Å². The number of nitrogens with zero attached hydrogens (tertiary/aromatic N) is 2. The average molecular weight is 347 g/mol. The van der Waals surface area contributed by atoms with Crippen LogP contribution in [0.3, 0.4) is 0 Å².